The van der Waals surface area contributed by atoms with Crippen LogP contribution in [0.5, 0.6) is 0 Å². The topological polar surface area (TPSA) is 64.8 Å². The Morgan fingerprint density at radius 3 is 2.18 bits per heavy atom. The van der Waals surface area contributed by atoms with Crippen LogP contribution < -0.4 is 0 Å². The first-order valence-electron chi connectivity index (χ1n) is 5.13. The molecule has 0 radical (unpaired) electrons. The Bertz CT molecular complexity index is 613. The van der Waals surface area contributed by atoms with Gasteiger partial charge in [-0.15, -0.1) is 5.10 Å². The van der Waals surface area contributed by atoms with Crippen molar-refractivity contribution in [3.8, 4) is 5.69 Å². The third kappa shape index (κ3) is 2.21. The van der Waals surface area contributed by atoms with E-state index in [2.05, 4.69) is 10.1 Å². The summed E-state index contributed by atoms with van der Waals surface area (Å²) in [7, 11) is -2.73. The first kappa shape index (κ1) is 11.8. The quantitative estimate of drug-likeness (QED) is 0.814. The number of nitrogens with zero attached hydrogens (tertiary/aromatic N) is 3. The van der Waals surface area contributed by atoms with Crippen LogP contribution in [0.1, 0.15) is 16.7 Å². The fourth-order valence-corrected chi connectivity index (χ4v) is 2.29. The van der Waals surface area contributed by atoms with Gasteiger partial charge in [0.25, 0.3) is 5.16 Å². The second kappa shape index (κ2) is 4.29. The molecule has 0 atom stereocenters. The number of benzene rings is 1. The van der Waals surface area contributed by atoms with Crippen molar-refractivity contribution >= 4 is 10.7 Å². The van der Waals surface area contributed by atoms with Gasteiger partial charge in [-0.2, -0.15) is 0 Å². The van der Waals surface area contributed by atoms with Gasteiger partial charge in [-0.25, -0.2) is 18.1 Å². The minimum absolute atomic E-state index is 0.153. The van der Waals surface area contributed by atoms with E-state index in [4.69, 9.17) is 0 Å². The summed E-state index contributed by atoms with van der Waals surface area (Å²) in [6.45, 7) is 5.95. The maximum absolute atomic E-state index is 10.8. The third-order valence-electron chi connectivity index (χ3n) is 2.51. The van der Waals surface area contributed by atoms with Gasteiger partial charge in [0.05, 0.1) is 5.69 Å². The van der Waals surface area contributed by atoms with E-state index in [9.17, 15) is 8.42 Å². The molecule has 2 aromatic rings. The van der Waals surface area contributed by atoms with E-state index in [-0.39, 0.29) is 5.16 Å². The summed E-state index contributed by atoms with van der Waals surface area (Å²) in [5.74, 6) is 0. The van der Waals surface area contributed by atoms with Crippen LogP contribution in [-0.4, -0.2) is 23.2 Å². The first-order chi connectivity index (χ1) is 7.99. The Labute approximate surface area is 101 Å². The standard InChI is InChI=1S/C11H13N3O2S/c1-7-4-8(2)10(9(3)5-7)14-6-12-11(13-14)17(15)16/h4-6,17H,1-3H3. The molecule has 1 aromatic heterocycles. The molecule has 5 nitrogen and oxygen atoms in total. The van der Waals surface area contributed by atoms with E-state index in [0.717, 1.165) is 16.8 Å². The predicted molar refractivity (Wildman–Crippen MR) is 64.2 cm³/mol. The number of hydrogen-bond acceptors (Lipinski definition) is 4. The molecule has 0 unspecified atom stereocenters. The van der Waals surface area contributed by atoms with Crippen molar-refractivity contribution in [2.75, 3.05) is 0 Å². The molecular weight excluding hydrogens is 238 g/mol. The van der Waals surface area contributed by atoms with Crippen molar-refractivity contribution in [3.05, 3.63) is 35.2 Å². The van der Waals surface area contributed by atoms with Crippen LogP contribution in [0, 0.1) is 20.8 Å². The lowest BCUT2D eigenvalue weighted by Gasteiger charge is -2.10. The van der Waals surface area contributed by atoms with Crippen molar-refractivity contribution < 1.29 is 8.42 Å². The third-order valence-corrected chi connectivity index (χ3v) is 3.04. The van der Waals surface area contributed by atoms with E-state index in [1.807, 2.05) is 32.9 Å². The molecular formula is C11H13N3O2S. The fourth-order valence-electron chi connectivity index (χ4n) is 1.98. The molecule has 0 fully saturated rings. The lowest BCUT2D eigenvalue weighted by atomic mass is 10.1. The molecule has 0 aliphatic rings. The van der Waals surface area contributed by atoms with Crippen LogP contribution in [0.25, 0.3) is 5.69 Å². The fraction of sp³-hybridized carbons (Fsp3) is 0.273. The highest BCUT2D eigenvalue weighted by Gasteiger charge is 2.09. The molecule has 0 aliphatic heterocycles. The molecule has 17 heavy (non-hydrogen) atoms. The number of aryl methyl sites for hydroxylation is 3. The van der Waals surface area contributed by atoms with Gasteiger partial charge in [0.15, 0.2) is 0 Å². The summed E-state index contributed by atoms with van der Waals surface area (Å²) in [5.41, 5.74) is 4.13. The predicted octanol–water partition coefficient (Wildman–Crippen LogP) is 1.16. The van der Waals surface area contributed by atoms with E-state index >= 15 is 0 Å². The van der Waals surface area contributed by atoms with Crippen molar-refractivity contribution in [1.82, 2.24) is 14.8 Å². The van der Waals surface area contributed by atoms with E-state index in [1.54, 1.807) is 0 Å². The molecule has 1 heterocycles. The van der Waals surface area contributed by atoms with Crippen LogP contribution in [0.2, 0.25) is 0 Å². The zero-order chi connectivity index (χ0) is 12.6. The molecule has 0 amide bonds. The summed E-state index contributed by atoms with van der Waals surface area (Å²) in [5, 5.41) is 3.79. The van der Waals surface area contributed by atoms with Gasteiger partial charge in [0.1, 0.15) is 6.33 Å². The zero-order valence-corrected chi connectivity index (χ0v) is 10.7. The van der Waals surface area contributed by atoms with Gasteiger partial charge >= 0.3 is 0 Å². The Kier molecular flexibility index (Phi) is 2.97. The summed E-state index contributed by atoms with van der Waals surface area (Å²) in [6, 6.07) is 4.06. The maximum atomic E-state index is 10.8. The molecule has 6 heteroatoms. The lowest BCUT2D eigenvalue weighted by molar-refractivity contribution is 0.605. The van der Waals surface area contributed by atoms with Crippen LogP contribution in [0.4, 0.5) is 0 Å². The van der Waals surface area contributed by atoms with Crippen molar-refractivity contribution in [2.45, 2.75) is 25.9 Å². The summed E-state index contributed by atoms with van der Waals surface area (Å²) >= 11 is 0. The number of rotatable bonds is 2. The van der Waals surface area contributed by atoms with E-state index < -0.39 is 10.7 Å². The minimum Gasteiger partial charge on any atom is -0.223 e. The SMILES string of the molecule is Cc1cc(C)c(-n2cnc([SH](=O)=O)n2)c(C)c1. The largest absolute Gasteiger partial charge is 0.264 e. The van der Waals surface area contributed by atoms with Crippen LogP contribution in [0.15, 0.2) is 23.6 Å². The molecule has 0 saturated heterocycles. The van der Waals surface area contributed by atoms with E-state index in [0.29, 0.717) is 0 Å². The zero-order valence-electron chi connectivity index (χ0n) is 9.84. The number of hydrogen-bond donors (Lipinski definition) is 1. The highest BCUT2D eigenvalue weighted by Crippen LogP contribution is 2.19. The monoisotopic (exact) mass is 251 g/mol. The Hall–Kier alpha value is -1.69. The average Bonchev–Trinajstić information content (AvgIpc) is 2.65. The molecule has 0 aliphatic carbocycles. The maximum Gasteiger partial charge on any atom is 0.264 e. The van der Waals surface area contributed by atoms with Gasteiger partial charge in [0.2, 0.25) is 10.7 Å². The smallest absolute Gasteiger partial charge is 0.223 e. The number of aromatic nitrogens is 3. The molecule has 2 rings (SSSR count). The summed E-state index contributed by atoms with van der Waals surface area (Å²) in [6.07, 6.45) is 1.42. The second-order valence-corrected chi connectivity index (χ2v) is 4.91. The summed E-state index contributed by atoms with van der Waals surface area (Å²) in [4.78, 5) is 3.75. The van der Waals surface area contributed by atoms with Crippen LogP contribution in [-0.2, 0) is 10.7 Å². The second-order valence-electron chi connectivity index (χ2n) is 3.99. The Morgan fingerprint density at radius 2 is 1.71 bits per heavy atom. The lowest BCUT2D eigenvalue weighted by Crippen LogP contribution is -2.02. The van der Waals surface area contributed by atoms with Crippen LogP contribution in [0.3, 0.4) is 0 Å². The molecule has 0 bridgehead atoms. The van der Waals surface area contributed by atoms with Gasteiger partial charge in [-0.3, -0.25) is 0 Å². The van der Waals surface area contributed by atoms with Crippen molar-refractivity contribution in [1.29, 1.82) is 0 Å². The average molecular weight is 251 g/mol. The highest BCUT2D eigenvalue weighted by molar-refractivity contribution is 7.72. The molecule has 1 aromatic carbocycles. The van der Waals surface area contributed by atoms with Crippen molar-refractivity contribution in [2.24, 2.45) is 0 Å². The normalized spacial score (nSPS) is 11.1. The molecule has 90 valence electrons. The van der Waals surface area contributed by atoms with Crippen molar-refractivity contribution in [3.63, 3.8) is 0 Å². The summed E-state index contributed by atoms with van der Waals surface area (Å²) < 4.78 is 23.0. The Morgan fingerprint density at radius 1 is 1.12 bits per heavy atom. The Balaban J connectivity index is 2.60. The highest BCUT2D eigenvalue weighted by atomic mass is 32.2. The molecule has 0 saturated carbocycles. The molecule has 0 spiro atoms. The first-order valence-corrected chi connectivity index (χ1v) is 6.31. The van der Waals surface area contributed by atoms with Gasteiger partial charge in [-0.1, -0.05) is 17.7 Å². The van der Waals surface area contributed by atoms with Gasteiger partial charge in [0, 0.05) is 0 Å². The molecule has 0 N–H and O–H groups in total. The minimum atomic E-state index is -2.73. The van der Waals surface area contributed by atoms with Crippen LogP contribution >= 0.6 is 0 Å². The van der Waals surface area contributed by atoms with E-state index in [1.165, 1.54) is 16.6 Å². The number of thiol groups is 1. The van der Waals surface area contributed by atoms with Gasteiger partial charge in [-0.05, 0) is 31.9 Å². The van der Waals surface area contributed by atoms with Gasteiger partial charge < -0.3 is 0 Å².